The molecule has 0 unspecified atom stereocenters. The van der Waals surface area contributed by atoms with Crippen molar-refractivity contribution >= 4 is 29.2 Å². The van der Waals surface area contributed by atoms with E-state index in [4.69, 9.17) is 4.74 Å². The first-order chi connectivity index (χ1) is 12.1. The van der Waals surface area contributed by atoms with E-state index in [2.05, 4.69) is 22.1 Å². The van der Waals surface area contributed by atoms with Crippen molar-refractivity contribution in [1.29, 1.82) is 0 Å². The van der Waals surface area contributed by atoms with E-state index < -0.39 is 12.1 Å². The molecule has 4 amide bonds. The monoisotopic (exact) mass is 363 g/mol. The van der Waals surface area contributed by atoms with Gasteiger partial charge < -0.3 is 15.0 Å². The normalized spacial score (nSPS) is 24.8. The molecule has 25 heavy (non-hydrogen) atoms. The second kappa shape index (κ2) is 6.42. The average Bonchev–Trinajstić information content (AvgIpc) is 3.20. The molecular weight excluding hydrogens is 342 g/mol. The molecule has 0 aromatic carbocycles. The van der Waals surface area contributed by atoms with Crippen molar-refractivity contribution in [2.24, 2.45) is 0 Å². The summed E-state index contributed by atoms with van der Waals surface area (Å²) in [6, 6.07) is 1.09. The Balaban J connectivity index is 1.33. The van der Waals surface area contributed by atoms with Gasteiger partial charge in [-0.05, 0) is 36.3 Å². The minimum absolute atomic E-state index is 0.0325. The summed E-state index contributed by atoms with van der Waals surface area (Å²) in [6.07, 6.45) is 3.19. The molecule has 134 valence electrons. The zero-order valence-electron chi connectivity index (χ0n) is 13.9. The van der Waals surface area contributed by atoms with Gasteiger partial charge in [0.25, 0.3) is 5.91 Å². The van der Waals surface area contributed by atoms with Gasteiger partial charge >= 0.3 is 6.03 Å². The Morgan fingerprint density at radius 1 is 1.36 bits per heavy atom. The summed E-state index contributed by atoms with van der Waals surface area (Å²) in [6.45, 7) is 2.08. The average molecular weight is 363 g/mol. The van der Waals surface area contributed by atoms with Crippen molar-refractivity contribution in [3.05, 3.63) is 21.9 Å². The smallest absolute Gasteiger partial charge is 0.322 e. The fourth-order valence-electron chi connectivity index (χ4n) is 3.98. The summed E-state index contributed by atoms with van der Waals surface area (Å²) < 4.78 is 6.15. The van der Waals surface area contributed by atoms with Gasteiger partial charge in [0, 0.05) is 30.8 Å². The first-order valence-electron chi connectivity index (χ1n) is 8.67. The number of carbonyl (C=O) groups excluding carboxylic acids is 3. The summed E-state index contributed by atoms with van der Waals surface area (Å²) in [7, 11) is 0. The molecule has 1 aromatic heterocycles. The molecule has 2 N–H and O–H groups in total. The summed E-state index contributed by atoms with van der Waals surface area (Å²) in [5.74, 6) is -0.318. The Morgan fingerprint density at radius 2 is 2.16 bits per heavy atom. The number of fused-ring (bicyclic) bond motifs is 2. The van der Waals surface area contributed by atoms with Gasteiger partial charge in [-0.3, -0.25) is 14.9 Å². The van der Waals surface area contributed by atoms with Crippen LogP contribution in [-0.2, 0) is 26.3 Å². The van der Waals surface area contributed by atoms with Crippen LogP contribution in [0.15, 0.2) is 11.4 Å². The van der Waals surface area contributed by atoms with Crippen LogP contribution in [0.25, 0.3) is 0 Å². The predicted molar refractivity (Wildman–Crippen MR) is 91.2 cm³/mol. The lowest BCUT2D eigenvalue weighted by atomic mass is 9.82. The standard InChI is InChI=1S/C17H21N3O4S/c21-14(2-1-12-15(22)19-16(23)18-12)20-7-5-17(6-8-20)11-4-10-25-13(11)3-9-24-17/h4,10,12H,1-3,5-9H2,(H2,18,19,22,23)/t12-/m0/s1. The number of rotatable bonds is 3. The second-order valence-corrected chi connectivity index (χ2v) is 7.79. The summed E-state index contributed by atoms with van der Waals surface area (Å²) >= 11 is 1.79. The summed E-state index contributed by atoms with van der Waals surface area (Å²) in [5.41, 5.74) is 1.07. The van der Waals surface area contributed by atoms with Crippen molar-refractivity contribution in [2.45, 2.75) is 43.7 Å². The first kappa shape index (κ1) is 16.5. The van der Waals surface area contributed by atoms with Crippen LogP contribution in [-0.4, -0.2) is 48.5 Å². The van der Waals surface area contributed by atoms with Crippen molar-refractivity contribution < 1.29 is 19.1 Å². The number of hydrogen-bond acceptors (Lipinski definition) is 5. The van der Waals surface area contributed by atoms with Gasteiger partial charge in [0.05, 0.1) is 12.2 Å². The van der Waals surface area contributed by atoms with E-state index in [1.54, 1.807) is 11.3 Å². The van der Waals surface area contributed by atoms with Crippen molar-refractivity contribution in [1.82, 2.24) is 15.5 Å². The van der Waals surface area contributed by atoms with Crippen LogP contribution in [0.5, 0.6) is 0 Å². The Bertz CT molecular complexity index is 709. The Kier molecular flexibility index (Phi) is 4.24. The van der Waals surface area contributed by atoms with Gasteiger partial charge in [0.2, 0.25) is 5.91 Å². The number of urea groups is 1. The molecule has 0 aliphatic carbocycles. The molecule has 2 fully saturated rings. The Morgan fingerprint density at radius 3 is 2.88 bits per heavy atom. The SMILES string of the molecule is O=C1NC(=O)[C@H](CCC(=O)N2CCC3(CC2)OCCc2sccc23)N1. The maximum absolute atomic E-state index is 12.5. The molecule has 2 saturated heterocycles. The number of imide groups is 1. The molecular formula is C17H21N3O4S. The fourth-order valence-corrected chi connectivity index (χ4v) is 4.93. The maximum Gasteiger partial charge on any atom is 0.322 e. The number of nitrogens with zero attached hydrogens (tertiary/aromatic N) is 1. The molecule has 7 nitrogen and oxygen atoms in total. The summed E-state index contributed by atoms with van der Waals surface area (Å²) in [5, 5.41) is 6.84. The number of likely N-dealkylation sites (tertiary alicyclic amines) is 1. The summed E-state index contributed by atoms with van der Waals surface area (Å²) in [4.78, 5) is 38.4. The molecule has 3 aliphatic rings. The zero-order valence-corrected chi connectivity index (χ0v) is 14.7. The molecule has 0 bridgehead atoms. The van der Waals surface area contributed by atoms with Crippen molar-refractivity contribution in [3.8, 4) is 0 Å². The van der Waals surface area contributed by atoms with Gasteiger partial charge in [-0.25, -0.2) is 4.79 Å². The number of carbonyl (C=O) groups is 3. The highest BCUT2D eigenvalue weighted by atomic mass is 32.1. The van der Waals surface area contributed by atoms with Crippen LogP contribution >= 0.6 is 11.3 Å². The molecule has 0 saturated carbocycles. The predicted octanol–water partition coefficient (Wildman–Crippen LogP) is 1.13. The maximum atomic E-state index is 12.5. The lowest BCUT2D eigenvalue weighted by Crippen LogP contribution is -2.48. The third kappa shape index (κ3) is 3.04. The van der Waals surface area contributed by atoms with Crippen LogP contribution in [0.4, 0.5) is 4.79 Å². The minimum Gasteiger partial charge on any atom is -0.370 e. The lowest BCUT2D eigenvalue weighted by Gasteiger charge is -2.44. The van der Waals surface area contributed by atoms with Gasteiger partial charge in [-0.1, -0.05) is 0 Å². The van der Waals surface area contributed by atoms with Crippen LogP contribution in [0.3, 0.4) is 0 Å². The molecule has 4 rings (SSSR count). The molecule has 1 spiro atoms. The van der Waals surface area contributed by atoms with Crippen molar-refractivity contribution in [2.75, 3.05) is 19.7 Å². The topological polar surface area (TPSA) is 87.7 Å². The van der Waals surface area contributed by atoms with E-state index in [1.165, 1.54) is 10.4 Å². The van der Waals surface area contributed by atoms with E-state index in [1.807, 2.05) is 4.90 Å². The van der Waals surface area contributed by atoms with Gasteiger partial charge in [0.1, 0.15) is 6.04 Å². The number of amides is 4. The fraction of sp³-hybridized carbons (Fsp3) is 0.588. The van der Waals surface area contributed by atoms with E-state index in [0.29, 0.717) is 19.5 Å². The van der Waals surface area contributed by atoms with E-state index in [0.717, 1.165) is 25.9 Å². The van der Waals surface area contributed by atoms with Crippen LogP contribution in [0.2, 0.25) is 0 Å². The van der Waals surface area contributed by atoms with E-state index in [9.17, 15) is 14.4 Å². The highest BCUT2D eigenvalue weighted by Gasteiger charge is 2.42. The Labute approximate surface area is 149 Å². The number of piperidine rings is 1. The van der Waals surface area contributed by atoms with Crippen LogP contribution in [0.1, 0.15) is 36.1 Å². The van der Waals surface area contributed by atoms with Gasteiger partial charge in [-0.15, -0.1) is 11.3 Å². The number of nitrogens with one attached hydrogen (secondary N) is 2. The number of ether oxygens (including phenoxy) is 1. The quantitative estimate of drug-likeness (QED) is 0.788. The van der Waals surface area contributed by atoms with E-state index in [-0.39, 0.29) is 23.8 Å². The van der Waals surface area contributed by atoms with Crippen LogP contribution < -0.4 is 10.6 Å². The van der Waals surface area contributed by atoms with Crippen LogP contribution in [0, 0.1) is 0 Å². The van der Waals surface area contributed by atoms with Crippen molar-refractivity contribution in [3.63, 3.8) is 0 Å². The van der Waals surface area contributed by atoms with Gasteiger partial charge in [0.15, 0.2) is 0 Å². The van der Waals surface area contributed by atoms with E-state index >= 15 is 0 Å². The highest BCUT2D eigenvalue weighted by Crippen LogP contribution is 2.43. The first-order valence-corrected chi connectivity index (χ1v) is 9.55. The number of hydrogen-bond donors (Lipinski definition) is 2. The third-order valence-electron chi connectivity index (χ3n) is 5.37. The number of thiophene rings is 1. The molecule has 3 aliphatic heterocycles. The molecule has 4 heterocycles. The molecule has 1 aromatic rings. The molecule has 8 heteroatoms. The molecule has 1 atom stereocenters. The highest BCUT2D eigenvalue weighted by molar-refractivity contribution is 7.10. The zero-order chi connectivity index (χ0) is 17.4. The third-order valence-corrected chi connectivity index (χ3v) is 6.35. The lowest BCUT2D eigenvalue weighted by molar-refractivity contribution is -0.140. The Hall–Kier alpha value is -1.93. The molecule has 0 radical (unpaired) electrons. The second-order valence-electron chi connectivity index (χ2n) is 6.78. The largest absolute Gasteiger partial charge is 0.370 e. The minimum atomic E-state index is -0.595. The van der Waals surface area contributed by atoms with Gasteiger partial charge in [-0.2, -0.15) is 0 Å².